The Morgan fingerprint density at radius 1 is 0.926 bits per heavy atom. The molecule has 3 aromatic rings. The van der Waals surface area contributed by atoms with Crippen molar-refractivity contribution in [3.8, 4) is 0 Å². The highest BCUT2D eigenvalue weighted by atomic mass is 32.1. The number of H-pyrrole nitrogens is 1. The van der Waals surface area contributed by atoms with Crippen LogP contribution in [0.25, 0.3) is 0 Å². The highest BCUT2D eigenvalue weighted by molar-refractivity contribution is 7.09. The van der Waals surface area contributed by atoms with E-state index in [9.17, 15) is 14.4 Å². The van der Waals surface area contributed by atoms with Crippen LogP contribution in [0.3, 0.4) is 0 Å². The van der Waals surface area contributed by atoms with E-state index in [0.717, 1.165) is 24.8 Å². The fraction of sp³-hybridized carbons (Fsp3) is 0.675. The highest BCUT2D eigenvalue weighted by Crippen LogP contribution is 2.32. The molecule has 2 heterocycles. The minimum Gasteiger partial charge on any atom is -0.371 e. The van der Waals surface area contributed by atoms with Crippen LogP contribution in [0.1, 0.15) is 133 Å². The van der Waals surface area contributed by atoms with Crippen LogP contribution in [0, 0.1) is 17.8 Å². The molecule has 0 aliphatic heterocycles. The molecule has 0 spiro atoms. The second-order valence-electron chi connectivity index (χ2n) is 14.9. The van der Waals surface area contributed by atoms with E-state index in [0.29, 0.717) is 48.9 Å². The van der Waals surface area contributed by atoms with Gasteiger partial charge in [-0.2, -0.15) is 5.21 Å². The molecular formula is C40H65N9O4S. The number of likely N-dealkylation sites (N-methyl/N-ethyl adjacent to an activating group) is 1. The van der Waals surface area contributed by atoms with Crippen LogP contribution in [0.4, 0.5) is 0 Å². The average Bonchev–Trinajstić information content (AvgIpc) is 3.89. The first-order valence-corrected chi connectivity index (χ1v) is 20.7. The van der Waals surface area contributed by atoms with Crippen molar-refractivity contribution in [2.45, 2.75) is 137 Å². The molecular weight excluding hydrogens is 703 g/mol. The number of tetrazole rings is 1. The Morgan fingerprint density at radius 2 is 1.61 bits per heavy atom. The molecule has 0 aliphatic carbocycles. The summed E-state index contributed by atoms with van der Waals surface area (Å²) in [5.41, 5.74) is 1.43. The molecule has 0 unspecified atom stereocenters. The predicted molar refractivity (Wildman–Crippen MR) is 214 cm³/mol. The normalized spacial score (nSPS) is 16.1. The predicted octanol–water partition coefficient (Wildman–Crippen LogP) is 6.09. The number of nitrogens with zero attached hydrogens (tertiary/aromatic N) is 5. The summed E-state index contributed by atoms with van der Waals surface area (Å²) in [7, 11) is 1.79. The van der Waals surface area contributed by atoms with E-state index in [2.05, 4.69) is 76.4 Å². The minimum atomic E-state index is -0.664. The number of hydrogen-bond donors (Lipinski definition) is 4. The summed E-state index contributed by atoms with van der Waals surface area (Å²) in [5, 5.41) is 26.5. The van der Waals surface area contributed by atoms with E-state index in [1.807, 2.05) is 57.7 Å². The van der Waals surface area contributed by atoms with Gasteiger partial charge in [-0.1, -0.05) is 104 Å². The number of thiazole rings is 1. The van der Waals surface area contributed by atoms with Crippen molar-refractivity contribution in [3.05, 3.63) is 57.8 Å². The molecule has 3 rings (SSSR count). The molecule has 300 valence electrons. The van der Waals surface area contributed by atoms with Crippen LogP contribution in [0.15, 0.2) is 35.7 Å². The molecule has 1 aromatic carbocycles. The van der Waals surface area contributed by atoms with Crippen molar-refractivity contribution in [2.75, 3.05) is 20.2 Å². The van der Waals surface area contributed by atoms with Gasteiger partial charge in [-0.25, -0.2) is 4.98 Å². The third-order valence-corrected chi connectivity index (χ3v) is 11.4. The Balaban J connectivity index is 1.85. The number of carbonyl (C=O) groups excluding carboxylic acids is 3. The molecule has 0 saturated heterocycles. The van der Waals surface area contributed by atoms with Crippen molar-refractivity contribution < 1.29 is 19.1 Å². The zero-order valence-electron chi connectivity index (χ0n) is 34.1. The molecule has 3 amide bonds. The first-order valence-electron chi connectivity index (χ1n) is 19.8. The molecule has 0 radical (unpaired) electrons. The quantitative estimate of drug-likeness (QED) is 0.0844. The summed E-state index contributed by atoms with van der Waals surface area (Å²) in [6, 6.07) is 8.60. The van der Waals surface area contributed by atoms with E-state index in [1.165, 1.54) is 11.3 Å². The number of nitrogens with one attached hydrogen (secondary N) is 4. The molecule has 0 aliphatic rings. The highest BCUT2D eigenvalue weighted by Gasteiger charge is 2.37. The molecule has 8 atom stereocenters. The molecule has 2 aromatic heterocycles. The van der Waals surface area contributed by atoms with Crippen molar-refractivity contribution in [3.63, 3.8) is 0 Å². The number of aromatic nitrogens is 5. The second kappa shape index (κ2) is 22.6. The Labute approximate surface area is 326 Å². The van der Waals surface area contributed by atoms with Crippen molar-refractivity contribution in [1.82, 2.24) is 46.5 Å². The fourth-order valence-electron chi connectivity index (χ4n) is 6.92. The van der Waals surface area contributed by atoms with E-state index in [1.54, 1.807) is 12.4 Å². The summed E-state index contributed by atoms with van der Waals surface area (Å²) in [4.78, 5) is 48.7. The maximum Gasteiger partial charge on any atom is 0.270 e. The zero-order valence-corrected chi connectivity index (χ0v) is 34.9. The van der Waals surface area contributed by atoms with Gasteiger partial charge < -0.3 is 25.6 Å². The minimum absolute atomic E-state index is 0.0364. The number of aromatic amines is 1. The maximum absolute atomic E-state index is 14.6. The molecule has 0 fully saturated rings. The van der Waals surface area contributed by atoms with Gasteiger partial charge >= 0.3 is 0 Å². The molecule has 4 N–H and O–H groups in total. The van der Waals surface area contributed by atoms with E-state index in [4.69, 9.17) is 9.72 Å². The van der Waals surface area contributed by atoms with Gasteiger partial charge in [-0.3, -0.25) is 14.4 Å². The van der Waals surface area contributed by atoms with Gasteiger partial charge in [0.25, 0.3) is 5.91 Å². The lowest BCUT2D eigenvalue weighted by Gasteiger charge is -2.39. The topological polar surface area (TPSA) is 167 Å². The summed E-state index contributed by atoms with van der Waals surface area (Å²) >= 11 is 1.39. The first-order chi connectivity index (χ1) is 25.9. The largest absolute Gasteiger partial charge is 0.371 e. The van der Waals surface area contributed by atoms with Crippen molar-refractivity contribution >= 4 is 29.1 Å². The van der Waals surface area contributed by atoms with Crippen LogP contribution in [-0.2, 0) is 20.7 Å². The summed E-state index contributed by atoms with van der Waals surface area (Å²) in [6.07, 6.45) is 3.65. The molecule has 0 saturated carbocycles. The smallest absolute Gasteiger partial charge is 0.270 e. The van der Waals surface area contributed by atoms with E-state index >= 15 is 0 Å². The average molecular weight is 768 g/mol. The molecule has 14 heteroatoms. The standard InChI is InChI=1S/C40H65N9O4S/c1-11-20-49(40(52)35(27(8)13-3)44-38(51)34(41-10)26(7)12-2)32(25(5)6)23-33(53-14-4)39-43-31(24-54-39)37(50)42-30(22-29-18-16-15-17-19-29)21-28(9)36-45-47-48-46-36/h15-19,24-28,30,32-35,41H,11-14,20-23H2,1-10H3,(H,42,50)(H,44,51)(H,45,46,47,48)/t26-,27-,28-,30+,32+,33+,34+,35-/m0/s1. The van der Waals surface area contributed by atoms with Crippen molar-refractivity contribution in [1.29, 1.82) is 0 Å². The Bertz CT molecular complexity index is 1540. The first kappa shape index (κ1) is 44.6. The lowest BCUT2D eigenvalue weighted by molar-refractivity contribution is -0.142. The molecule has 54 heavy (non-hydrogen) atoms. The van der Waals surface area contributed by atoms with Crippen LogP contribution in [0.5, 0.6) is 0 Å². The molecule has 0 bridgehead atoms. The van der Waals surface area contributed by atoms with Gasteiger partial charge in [0, 0.05) is 43.0 Å². The van der Waals surface area contributed by atoms with Crippen molar-refractivity contribution in [2.24, 2.45) is 17.8 Å². The lowest BCUT2D eigenvalue weighted by Crippen LogP contribution is -2.59. The molecule has 13 nitrogen and oxygen atoms in total. The lowest BCUT2D eigenvalue weighted by atomic mass is 9.91. The van der Waals surface area contributed by atoms with Crippen LogP contribution >= 0.6 is 11.3 Å². The van der Waals surface area contributed by atoms with Gasteiger partial charge in [0.2, 0.25) is 11.8 Å². The maximum atomic E-state index is 14.6. The number of rotatable bonds is 24. The Morgan fingerprint density at radius 3 is 2.19 bits per heavy atom. The third kappa shape index (κ3) is 12.7. The fourth-order valence-corrected chi connectivity index (χ4v) is 7.78. The van der Waals surface area contributed by atoms with Gasteiger partial charge in [-0.05, 0) is 56.6 Å². The summed E-state index contributed by atoms with van der Waals surface area (Å²) in [5.74, 6) is 0.207. The number of carbonyl (C=O) groups is 3. The van der Waals surface area contributed by atoms with E-state index in [-0.39, 0.29) is 53.5 Å². The number of benzene rings is 1. The Hall–Kier alpha value is -3.75. The van der Waals surface area contributed by atoms with Gasteiger partial charge in [0.15, 0.2) is 5.82 Å². The Kier molecular flexibility index (Phi) is 18.7. The summed E-state index contributed by atoms with van der Waals surface area (Å²) in [6.45, 7) is 19.4. The van der Waals surface area contributed by atoms with E-state index < -0.39 is 18.2 Å². The van der Waals surface area contributed by atoms with Gasteiger partial charge in [0.1, 0.15) is 22.8 Å². The third-order valence-electron chi connectivity index (χ3n) is 10.5. The second-order valence-corrected chi connectivity index (χ2v) is 15.8. The van der Waals surface area contributed by atoms with Crippen LogP contribution in [-0.4, -0.2) is 92.6 Å². The zero-order chi connectivity index (χ0) is 39.8. The number of amides is 3. The van der Waals surface area contributed by atoms with Gasteiger partial charge in [0.05, 0.1) is 6.04 Å². The number of ether oxygens (including phenoxy) is 1. The monoisotopic (exact) mass is 767 g/mol. The SMILES string of the molecule is CCCN(C(=O)[C@@H](NC(=O)[C@H](NC)[C@@H](C)CC)[C@@H](C)CC)[C@H](C[C@@H](OCC)c1nc(C(=O)N[C@@H](Cc2ccccc2)C[C@H](C)c2nn[nH]n2)cs1)C(C)C. The number of hydrogen-bond acceptors (Lipinski definition) is 10. The van der Waals surface area contributed by atoms with Gasteiger partial charge in [-0.15, -0.1) is 21.5 Å². The van der Waals surface area contributed by atoms with Crippen LogP contribution in [0.2, 0.25) is 0 Å². The van der Waals surface area contributed by atoms with Crippen LogP contribution < -0.4 is 16.0 Å². The summed E-state index contributed by atoms with van der Waals surface area (Å²) < 4.78 is 6.32.